The van der Waals surface area contributed by atoms with Crippen LogP contribution < -0.4 is 4.74 Å². The molecule has 0 aliphatic heterocycles. The van der Waals surface area contributed by atoms with Crippen molar-refractivity contribution in [2.45, 2.75) is 38.5 Å². The molecule has 1 aromatic carbocycles. The van der Waals surface area contributed by atoms with Crippen LogP contribution in [0.5, 0.6) is 5.75 Å². The minimum absolute atomic E-state index is 0.162. The summed E-state index contributed by atoms with van der Waals surface area (Å²) in [7, 11) is 1.44. The van der Waals surface area contributed by atoms with Crippen LogP contribution in [0.1, 0.15) is 37.7 Å². The second-order valence-electron chi connectivity index (χ2n) is 6.29. The van der Waals surface area contributed by atoms with Crippen LogP contribution in [-0.2, 0) is 11.2 Å². The van der Waals surface area contributed by atoms with Crippen molar-refractivity contribution in [1.29, 1.82) is 0 Å². The van der Waals surface area contributed by atoms with Crippen molar-refractivity contribution in [3.05, 3.63) is 29.6 Å². The second-order valence-corrected chi connectivity index (χ2v) is 6.29. The Morgan fingerprint density at radius 1 is 1.35 bits per heavy atom. The summed E-state index contributed by atoms with van der Waals surface area (Å²) in [6.45, 7) is 0. The smallest absolute Gasteiger partial charge is 0.168 e. The Kier molecular flexibility index (Phi) is 3.77. The predicted octanol–water partition coefficient (Wildman–Crippen LogP) is 3.77. The Hall–Kier alpha value is -1.38. The molecule has 0 radical (unpaired) electrons. The highest BCUT2D eigenvalue weighted by atomic mass is 19.1. The summed E-state index contributed by atoms with van der Waals surface area (Å²) >= 11 is 0. The molecule has 3 rings (SSSR count). The number of ketones is 1. The molecule has 2 nitrogen and oxygen atoms in total. The van der Waals surface area contributed by atoms with Crippen molar-refractivity contribution in [3.8, 4) is 5.75 Å². The van der Waals surface area contributed by atoms with E-state index in [4.69, 9.17) is 4.74 Å². The number of hydrogen-bond donors (Lipinski definition) is 0. The van der Waals surface area contributed by atoms with E-state index in [2.05, 4.69) is 0 Å². The first-order valence-electron chi connectivity index (χ1n) is 7.50. The molecule has 20 heavy (non-hydrogen) atoms. The quantitative estimate of drug-likeness (QED) is 0.818. The highest BCUT2D eigenvalue weighted by Gasteiger charge is 2.39. The summed E-state index contributed by atoms with van der Waals surface area (Å²) in [6.07, 6.45) is 5.97. The Labute approximate surface area is 119 Å². The monoisotopic (exact) mass is 276 g/mol. The Balaban J connectivity index is 1.62. The number of methoxy groups -OCH3 is 1. The zero-order valence-corrected chi connectivity index (χ0v) is 11.9. The molecule has 0 N–H and O–H groups in total. The van der Waals surface area contributed by atoms with Crippen LogP contribution in [0.3, 0.4) is 0 Å². The molecule has 2 bridgehead atoms. The molecular weight excluding hydrogens is 255 g/mol. The summed E-state index contributed by atoms with van der Waals surface area (Å²) in [6, 6.07) is 5.00. The molecule has 0 aromatic heterocycles. The van der Waals surface area contributed by atoms with Crippen molar-refractivity contribution in [1.82, 2.24) is 0 Å². The van der Waals surface area contributed by atoms with Crippen molar-refractivity contribution in [2.75, 3.05) is 7.11 Å². The standard InChI is InChI=1S/C17H21FO2/c1-20-16-4-2-3-13(17(16)18)9-15(19)10-14-8-11-5-6-12(14)7-11/h2-4,11-12,14H,5-10H2,1H3. The molecule has 2 saturated carbocycles. The highest BCUT2D eigenvalue weighted by molar-refractivity contribution is 5.81. The van der Waals surface area contributed by atoms with E-state index in [0.29, 0.717) is 17.9 Å². The van der Waals surface area contributed by atoms with Gasteiger partial charge >= 0.3 is 0 Å². The van der Waals surface area contributed by atoms with E-state index < -0.39 is 5.82 Å². The van der Waals surface area contributed by atoms with E-state index >= 15 is 0 Å². The summed E-state index contributed by atoms with van der Waals surface area (Å²) in [5.41, 5.74) is 0.456. The number of Topliss-reactive ketones (excluding diaryl/α,β-unsaturated/α-hetero) is 1. The van der Waals surface area contributed by atoms with Gasteiger partial charge in [0.05, 0.1) is 7.11 Å². The third kappa shape index (κ3) is 2.58. The number of carbonyl (C=O) groups excluding carboxylic acids is 1. The second kappa shape index (κ2) is 5.55. The molecule has 0 amide bonds. The van der Waals surface area contributed by atoms with E-state index in [0.717, 1.165) is 11.8 Å². The molecule has 3 heteroatoms. The van der Waals surface area contributed by atoms with Gasteiger partial charge in [-0.25, -0.2) is 4.39 Å². The van der Waals surface area contributed by atoms with Crippen LogP contribution in [0.2, 0.25) is 0 Å². The molecule has 1 aromatic rings. The fraction of sp³-hybridized carbons (Fsp3) is 0.588. The Morgan fingerprint density at radius 2 is 2.20 bits per heavy atom. The molecule has 0 heterocycles. The topological polar surface area (TPSA) is 26.3 Å². The van der Waals surface area contributed by atoms with Gasteiger partial charge in [-0.3, -0.25) is 4.79 Å². The number of benzene rings is 1. The molecule has 0 spiro atoms. The lowest BCUT2D eigenvalue weighted by molar-refractivity contribution is -0.119. The molecule has 108 valence electrons. The number of halogens is 1. The van der Waals surface area contributed by atoms with Gasteiger partial charge in [0.15, 0.2) is 11.6 Å². The average molecular weight is 276 g/mol. The van der Waals surface area contributed by atoms with Crippen LogP contribution >= 0.6 is 0 Å². The first kappa shape index (κ1) is 13.6. The van der Waals surface area contributed by atoms with Crippen LogP contribution in [0, 0.1) is 23.6 Å². The van der Waals surface area contributed by atoms with E-state index in [1.807, 2.05) is 0 Å². The Bertz CT molecular complexity index is 512. The van der Waals surface area contributed by atoms with Gasteiger partial charge in [0.1, 0.15) is 5.78 Å². The van der Waals surface area contributed by atoms with Gasteiger partial charge in [-0.2, -0.15) is 0 Å². The van der Waals surface area contributed by atoms with Crippen LogP contribution in [0.25, 0.3) is 0 Å². The maximum Gasteiger partial charge on any atom is 0.168 e. The van der Waals surface area contributed by atoms with Gasteiger partial charge in [-0.05, 0) is 48.6 Å². The third-order valence-corrected chi connectivity index (χ3v) is 5.03. The van der Waals surface area contributed by atoms with E-state index in [9.17, 15) is 9.18 Å². The van der Waals surface area contributed by atoms with E-state index in [1.165, 1.54) is 32.8 Å². The zero-order valence-electron chi connectivity index (χ0n) is 11.9. The van der Waals surface area contributed by atoms with Crippen LogP contribution in [0.4, 0.5) is 4.39 Å². The van der Waals surface area contributed by atoms with Gasteiger partial charge in [0, 0.05) is 12.8 Å². The van der Waals surface area contributed by atoms with Crippen LogP contribution in [0.15, 0.2) is 18.2 Å². The normalized spacial score (nSPS) is 27.8. The SMILES string of the molecule is COc1cccc(CC(=O)CC2CC3CCC2C3)c1F. The van der Waals surface area contributed by atoms with Gasteiger partial charge in [-0.1, -0.05) is 18.6 Å². The number of fused-ring (bicyclic) bond motifs is 2. The zero-order chi connectivity index (χ0) is 14.1. The summed E-state index contributed by atoms with van der Waals surface area (Å²) in [5.74, 6) is 2.14. The van der Waals surface area contributed by atoms with Crippen molar-refractivity contribution in [2.24, 2.45) is 17.8 Å². The average Bonchev–Trinajstić information content (AvgIpc) is 3.03. The lowest BCUT2D eigenvalue weighted by atomic mass is 9.84. The fourth-order valence-corrected chi connectivity index (χ4v) is 4.05. The molecule has 2 aliphatic carbocycles. The number of carbonyl (C=O) groups is 1. The first-order chi connectivity index (χ1) is 9.67. The minimum Gasteiger partial charge on any atom is -0.494 e. The predicted molar refractivity (Wildman–Crippen MR) is 75.2 cm³/mol. The number of rotatable bonds is 5. The van der Waals surface area contributed by atoms with Crippen molar-refractivity contribution < 1.29 is 13.9 Å². The third-order valence-electron chi connectivity index (χ3n) is 5.03. The molecule has 2 fully saturated rings. The van der Waals surface area contributed by atoms with Crippen molar-refractivity contribution in [3.63, 3.8) is 0 Å². The first-order valence-corrected chi connectivity index (χ1v) is 7.50. The molecule has 3 unspecified atom stereocenters. The lowest BCUT2D eigenvalue weighted by Crippen LogP contribution is -2.16. The summed E-state index contributed by atoms with van der Waals surface area (Å²) < 4.78 is 19.0. The maximum atomic E-state index is 14.0. The van der Waals surface area contributed by atoms with E-state index in [1.54, 1.807) is 18.2 Å². The largest absolute Gasteiger partial charge is 0.494 e. The number of hydrogen-bond acceptors (Lipinski definition) is 2. The van der Waals surface area contributed by atoms with Gasteiger partial charge in [-0.15, -0.1) is 0 Å². The van der Waals surface area contributed by atoms with Gasteiger partial charge in [0.25, 0.3) is 0 Å². The molecule has 0 saturated heterocycles. The van der Waals surface area contributed by atoms with Crippen LogP contribution in [-0.4, -0.2) is 12.9 Å². The molecule has 3 atom stereocenters. The lowest BCUT2D eigenvalue weighted by Gasteiger charge is -2.20. The van der Waals surface area contributed by atoms with Gasteiger partial charge in [0.2, 0.25) is 0 Å². The Morgan fingerprint density at radius 3 is 2.85 bits per heavy atom. The van der Waals surface area contributed by atoms with Gasteiger partial charge < -0.3 is 4.74 Å². The number of ether oxygens (including phenoxy) is 1. The van der Waals surface area contributed by atoms with Crippen molar-refractivity contribution >= 4 is 5.78 Å². The minimum atomic E-state index is -0.392. The van der Waals surface area contributed by atoms with E-state index in [-0.39, 0.29) is 18.0 Å². The fourth-order valence-electron chi connectivity index (χ4n) is 4.05. The summed E-state index contributed by atoms with van der Waals surface area (Å²) in [4.78, 5) is 12.2. The highest BCUT2D eigenvalue weighted by Crippen LogP contribution is 2.49. The molecular formula is C17H21FO2. The maximum absolute atomic E-state index is 14.0. The summed E-state index contributed by atoms with van der Waals surface area (Å²) in [5, 5.41) is 0. The molecule has 2 aliphatic rings.